The number of nitrogens with one attached hydrogen (secondary N) is 1. The summed E-state index contributed by atoms with van der Waals surface area (Å²) in [5.74, 6) is 0.233. The monoisotopic (exact) mass is 205 g/mol. The minimum Gasteiger partial charge on any atom is -0.493 e. The molecule has 0 saturated carbocycles. The predicted molar refractivity (Wildman–Crippen MR) is 55.0 cm³/mol. The highest BCUT2D eigenvalue weighted by molar-refractivity contribution is 6.29. The zero-order chi connectivity index (χ0) is 10.7. The topological polar surface area (TPSA) is 55.4 Å². The van der Waals surface area contributed by atoms with Crippen LogP contribution in [0.1, 0.15) is 12.0 Å². The number of carbonyl (C=O) groups is 2. The van der Waals surface area contributed by atoms with Crippen LogP contribution in [0.2, 0.25) is 0 Å². The third-order valence-electron chi connectivity index (χ3n) is 2.28. The quantitative estimate of drug-likeness (QED) is 0.582. The number of ether oxygens (including phenoxy) is 1. The summed E-state index contributed by atoms with van der Waals surface area (Å²) in [6, 6.07) is 5.39. The van der Waals surface area contributed by atoms with Crippen molar-refractivity contribution in [3.05, 3.63) is 23.8 Å². The first kappa shape index (κ1) is 9.71. The molecule has 2 rings (SSSR count). The van der Waals surface area contributed by atoms with Crippen LogP contribution in [0.25, 0.3) is 0 Å². The molecule has 0 radical (unpaired) electrons. The maximum Gasteiger partial charge on any atom is 0.288 e. The molecule has 1 aromatic carbocycles. The molecule has 0 fully saturated rings. The molecular weight excluding hydrogens is 194 g/mol. The average molecular weight is 205 g/mol. The van der Waals surface area contributed by atoms with Gasteiger partial charge in [-0.05, 0) is 36.6 Å². The number of carbonyl (C=O) groups excluding carboxylic acids is 2. The molecule has 1 aromatic rings. The molecule has 0 spiro atoms. The number of rotatable bonds is 2. The Morgan fingerprint density at radius 1 is 1.47 bits per heavy atom. The van der Waals surface area contributed by atoms with Crippen molar-refractivity contribution in [3.8, 4) is 5.75 Å². The second kappa shape index (κ2) is 4.13. The summed E-state index contributed by atoms with van der Waals surface area (Å²) in [7, 11) is 0. The van der Waals surface area contributed by atoms with Crippen molar-refractivity contribution in [3.63, 3.8) is 0 Å². The lowest BCUT2D eigenvalue weighted by Crippen LogP contribution is -2.13. The second-order valence-corrected chi connectivity index (χ2v) is 3.38. The fourth-order valence-corrected chi connectivity index (χ4v) is 1.61. The molecule has 1 amide bonds. The van der Waals surface area contributed by atoms with E-state index >= 15 is 0 Å². The lowest BCUT2D eigenvalue weighted by atomic mass is 10.1. The van der Waals surface area contributed by atoms with Crippen LogP contribution in [0.5, 0.6) is 5.75 Å². The van der Waals surface area contributed by atoms with Gasteiger partial charge in [0, 0.05) is 5.69 Å². The van der Waals surface area contributed by atoms with E-state index < -0.39 is 5.91 Å². The molecule has 15 heavy (non-hydrogen) atoms. The first-order valence-electron chi connectivity index (χ1n) is 4.81. The van der Waals surface area contributed by atoms with Crippen LogP contribution in [0.4, 0.5) is 5.69 Å². The van der Waals surface area contributed by atoms with Gasteiger partial charge in [0.15, 0.2) is 0 Å². The van der Waals surface area contributed by atoms with Crippen molar-refractivity contribution >= 4 is 17.9 Å². The third-order valence-corrected chi connectivity index (χ3v) is 2.28. The van der Waals surface area contributed by atoms with Crippen LogP contribution < -0.4 is 10.1 Å². The molecule has 78 valence electrons. The van der Waals surface area contributed by atoms with E-state index in [4.69, 9.17) is 4.74 Å². The van der Waals surface area contributed by atoms with Gasteiger partial charge in [0.05, 0.1) is 6.61 Å². The minimum absolute atomic E-state index is 0.260. The van der Waals surface area contributed by atoms with Gasteiger partial charge in [0.2, 0.25) is 6.29 Å². The second-order valence-electron chi connectivity index (χ2n) is 3.38. The van der Waals surface area contributed by atoms with Crippen molar-refractivity contribution in [1.82, 2.24) is 0 Å². The van der Waals surface area contributed by atoms with Crippen molar-refractivity contribution in [1.29, 1.82) is 0 Å². The Bertz CT molecular complexity index is 401. The van der Waals surface area contributed by atoms with E-state index in [1.54, 1.807) is 6.07 Å². The fourth-order valence-electron chi connectivity index (χ4n) is 1.61. The highest BCUT2D eigenvalue weighted by atomic mass is 16.5. The van der Waals surface area contributed by atoms with Crippen molar-refractivity contribution in [2.45, 2.75) is 12.8 Å². The van der Waals surface area contributed by atoms with E-state index in [0.717, 1.165) is 30.8 Å². The summed E-state index contributed by atoms with van der Waals surface area (Å²) in [6.45, 7) is 0.743. The van der Waals surface area contributed by atoms with E-state index in [-0.39, 0.29) is 6.29 Å². The lowest BCUT2D eigenvalue weighted by Gasteiger charge is -2.17. The summed E-state index contributed by atoms with van der Waals surface area (Å²) < 4.78 is 5.43. The molecule has 4 heteroatoms. The van der Waals surface area contributed by atoms with Crippen molar-refractivity contribution < 1.29 is 14.3 Å². The molecule has 0 unspecified atom stereocenters. The summed E-state index contributed by atoms with van der Waals surface area (Å²) in [6.07, 6.45) is 2.19. The Hall–Kier alpha value is -1.84. The number of aryl methyl sites for hydroxylation is 1. The first-order chi connectivity index (χ1) is 7.29. The highest BCUT2D eigenvalue weighted by Crippen LogP contribution is 2.27. The van der Waals surface area contributed by atoms with Gasteiger partial charge in [0.25, 0.3) is 5.91 Å². The smallest absolute Gasteiger partial charge is 0.288 e. The molecule has 1 aliphatic heterocycles. The summed E-state index contributed by atoms with van der Waals surface area (Å²) in [5, 5.41) is 2.48. The number of hydrogen-bond acceptors (Lipinski definition) is 3. The number of amides is 1. The Labute approximate surface area is 87.2 Å². The number of fused-ring (bicyclic) bond motifs is 1. The standard InChI is InChI=1S/C11H11NO3/c13-7-11(14)12-9-3-4-10-8(6-9)2-1-5-15-10/h3-4,6-7H,1-2,5H2,(H,12,14). The minimum atomic E-state index is -0.633. The Morgan fingerprint density at radius 3 is 3.13 bits per heavy atom. The number of anilines is 1. The Kier molecular flexibility index (Phi) is 2.67. The van der Waals surface area contributed by atoms with Gasteiger partial charge in [-0.15, -0.1) is 0 Å². The molecule has 1 aliphatic rings. The molecule has 0 aromatic heterocycles. The Morgan fingerprint density at radius 2 is 2.33 bits per heavy atom. The van der Waals surface area contributed by atoms with Crippen molar-refractivity contribution in [2.75, 3.05) is 11.9 Å². The van der Waals surface area contributed by atoms with Crippen LogP contribution in [-0.4, -0.2) is 18.8 Å². The maximum atomic E-state index is 10.8. The van der Waals surface area contributed by atoms with E-state index in [1.165, 1.54) is 0 Å². The maximum absolute atomic E-state index is 10.8. The molecular formula is C11H11NO3. The van der Waals surface area contributed by atoms with Gasteiger partial charge in [-0.2, -0.15) is 0 Å². The average Bonchev–Trinajstić information content (AvgIpc) is 2.29. The van der Waals surface area contributed by atoms with Crippen LogP contribution in [0, 0.1) is 0 Å². The van der Waals surface area contributed by atoms with Gasteiger partial charge < -0.3 is 10.1 Å². The zero-order valence-corrected chi connectivity index (χ0v) is 8.16. The van der Waals surface area contributed by atoms with E-state index in [1.807, 2.05) is 12.1 Å². The number of hydrogen-bond donors (Lipinski definition) is 1. The van der Waals surface area contributed by atoms with E-state index in [9.17, 15) is 9.59 Å². The predicted octanol–water partition coefficient (Wildman–Crippen LogP) is 1.15. The largest absolute Gasteiger partial charge is 0.493 e. The molecule has 0 aliphatic carbocycles. The van der Waals surface area contributed by atoms with Gasteiger partial charge >= 0.3 is 0 Å². The van der Waals surface area contributed by atoms with Crippen molar-refractivity contribution in [2.24, 2.45) is 0 Å². The fraction of sp³-hybridized carbons (Fsp3) is 0.273. The molecule has 0 bridgehead atoms. The lowest BCUT2D eigenvalue weighted by molar-refractivity contribution is -0.127. The van der Waals surface area contributed by atoms with Crippen LogP contribution >= 0.6 is 0 Å². The third kappa shape index (κ3) is 2.15. The highest BCUT2D eigenvalue weighted by Gasteiger charge is 2.11. The van der Waals surface area contributed by atoms with Gasteiger partial charge in [-0.3, -0.25) is 9.59 Å². The molecule has 0 atom stereocenters. The molecule has 1 heterocycles. The Balaban J connectivity index is 2.20. The molecule has 4 nitrogen and oxygen atoms in total. The number of benzene rings is 1. The SMILES string of the molecule is O=CC(=O)Nc1ccc2c(c1)CCCO2. The summed E-state index contributed by atoms with van der Waals surface area (Å²) >= 11 is 0. The zero-order valence-electron chi connectivity index (χ0n) is 8.16. The molecule has 0 saturated heterocycles. The van der Waals surface area contributed by atoms with E-state index in [2.05, 4.69) is 5.32 Å². The van der Waals surface area contributed by atoms with Gasteiger partial charge in [-0.25, -0.2) is 0 Å². The molecule has 1 N–H and O–H groups in total. The summed E-state index contributed by atoms with van der Waals surface area (Å²) in [5.41, 5.74) is 1.71. The summed E-state index contributed by atoms with van der Waals surface area (Å²) in [4.78, 5) is 21.0. The van der Waals surface area contributed by atoms with Crippen LogP contribution in [0.15, 0.2) is 18.2 Å². The normalized spacial score (nSPS) is 13.6. The van der Waals surface area contributed by atoms with E-state index in [0.29, 0.717) is 5.69 Å². The van der Waals surface area contributed by atoms with Crippen LogP contribution in [0.3, 0.4) is 0 Å². The first-order valence-corrected chi connectivity index (χ1v) is 4.81. The van der Waals surface area contributed by atoms with Crippen LogP contribution in [-0.2, 0) is 16.0 Å². The van der Waals surface area contributed by atoms with Gasteiger partial charge in [-0.1, -0.05) is 0 Å². The van der Waals surface area contributed by atoms with Gasteiger partial charge in [0.1, 0.15) is 5.75 Å². The number of aldehydes is 1.